The van der Waals surface area contributed by atoms with E-state index in [0.29, 0.717) is 0 Å². The second-order valence-corrected chi connectivity index (χ2v) is 2.65. The molecule has 2 N–H and O–H groups in total. The van der Waals surface area contributed by atoms with Crippen LogP contribution in [0.4, 0.5) is 4.39 Å². The Morgan fingerprint density at radius 3 is 2.46 bits per heavy atom. The standard InChI is InChI=1S/C6H5BClFO4/c8-4-1-2-6(9)5(3-4)7(12-10)13-11/h1-3,10-11H. The van der Waals surface area contributed by atoms with Gasteiger partial charge in [-0.15, -0.1) is 0 Å². The summed E-state index contributed by atoms with van der Waals surface area (Å²) in [5, 5.41) is 16.6. The minimum Gasteiger partial charge on any atom is -0.264 e. The Balaban J connectivity index is 3.03. The van der Waals surface area contributed by atoms with E-state index in [4.69, 9.17) is 22.1 Å². The van der Waals surface area contributed by atoms with Gasteiger partial charge in [0.25, 0.3) is 0 Å². The maximum atomic E-state index is 13.0. The van der Waals surface area contributed by atoms with Gasteiger partial charge in [0, 0.05) is 10.5 Å². The third-order valence-corrected chi connectivity index (χ3v) is 1.64. The van der Waals surface area contributed by atoms with Crippen molar-refractivity contribution in [1.29, 1.82) is 0 Å². The summed E-state index contributed by atoms with van der Waals surface area (Å²) in [4.78, 5) is 7.30. The van der Waals surface area contributed by atoms with Gasteiger partial charge < -0.3 is 0 Å². The van der Waals surface area contributed by atoms with E-state index in [2.05, 4.69) is 9.61 Å². The van der Waals surface area contributed by atoms with Crippen LogP contribution >= 0.6 is 11.6 Å². The highest BCUT2D eigenvalue weighted by Crippen LogP contribution is 2.08. The molecular weight excluding hydrogens is 201 g/mol. The van der Waals surface area contributed by atoms with Gasteiger partial charge in [-0.05, 0) is 18.2 Å². The highest BCUT2D eigenvalue weighted by molar-refractivity contribution is 6.61. The summed E-state index contributed by atoms with van der Waals surface area (Å²) in [5.41, 5.74) is -0.197. The van der Waals surface area contributed by atoms with Crippen LogP contribution in [0.3, 0.4) is 0 Å². The van der Waals surface area contributed by atoms with Crippen LogP contribution in [0.2, 0.25) is 5.02 Å². The maximum absolute atomic E-state index is 13.0. The molecule has 0 bridgehead atoms. The molecule has 13 heavy (non-hydrogen) atoms. The normalized spacial score (nSPS) is 10.2. The van der Waals surface area contributed by atoms with E-state index in [1.165, 1.54) is 6.07 Å². The smallest absolute Gasteiger partial charge is 0.264 e. The summed E-state index contributed by atoms with van der Waals surface area (Å²) in [5.74, 6) is -0.711. The van der Waals surface area contributed by atoms with E-state index in [0.717, 1.165) is 12.1 Å². The van der Waals surface area contributed by atoms with Gasteiger partial charge >= 0.3 is 7.12 Å². The molecule has 0 radical (unpaired) electrons. The zero-order chi connectivity index (χ0) is 9.84. The molecule has 0 spiro atoms. The Bertz CT molecular complexity index is 294. The molecule has 0 heterocycles. The number of halogens is 2. The van der Waals surface area contributed by atoms with E-state index in [9.17, 15) is 4.39 Å². The number of benzene rings is 1. The van der Waals surface area contributed by atoms with Crippen LogP contribution in [-0.2, 0) is 9.61 Å². The van der Waals surface area contributed by atoms with Crippen LogP contribution in [0.5, 0.6) is 0 Å². The van der Waals surface area contributed by atoms with Crippen LogP contribution in [0.15, 0.2) is 18.2 Å². The molecule has 0 atom stereocenters. The van der Waals surface area contributed by atoms with E-state index >= 15 is 0 Å². The molecule has 0 fully saturated rings. The molecule has 4 nitrogen and oxygen atoms in total. The third-order valence-electron chi connectivity index (χ3n) is 1.40. The number of rotatable bonds is 3. The van der Waals surface area contributed by atoms with Crippen molar-refractivity contribution in [3.8, 4) is 0 Å². The van der Waals surface area contributed by atoms with Gasteiger partial charge in [0.05, 0.1) is 0 Å². The molecular formula is C6H5BClFO4. The lowest BCUT2D eigenvalue weighted by Crippen LogP contribution is -2.37. The maximum Gasteiger partial charge on any atom is 0.557 e. The third kappa shape index (κ3) is 2.39. The molecule has 0 aliphatic heterocycles. The summed E-state index contributed by atoms with van der Waals surface area (Å²) in [6.07, 6.45) is 0. The van der Waals surface area contributed by atoms with E-state index in [-0.39, 0.29) is 10.5 Å². The lowest BCUT2D eigenvalue weighted by atomic mass is 9.79. The van der Waals surface area contributed by atoms with Crippen LogP contribution < -0.4 is 5.46 Å². The summed E-state index contributed by atoms with van der Waals surface area (Å²) in [7, 11) is -1.60. The summed E-state index contributed by atoms with van der Waals surface area (Å²) in [6, 6.07) is 3.53. The molecule has 7 heteroatoms. The van der Waals surface area contributed by atoms with Crippen LogP contribution in [0.1, 0.15) is 0 Å². The Labute approximate surface area is 78.5 Å². The average Bonchev–Trinajstić information content (AvgIpc) is 2.13. The lowest BCUT2D eigenvalue weighted by molar-refractivity contribution is -0.221. The number of hydrogen-bond acceptors (Lipinski definition) is 4. The van der Waals surface area contributed by atoms with Gasteiger partial charge in [-0.3, -0.25) is 20.1 Å². The van der Waals surface area contributed by atoms with Gasteiger partial charge in [0.2, 0.25) is 0 Å². The second kappa shape index (κ2) is 4.54. The molecule has 0 aliphatic carbocycles. The molecule has 1 rings (SSSR count). The Hall–Kier alpha value is -0.655. The minimum atomic E-state index is -1.60. The van der Waals surface area contributed by atoms with Gasteiger partial charge in [0.15, 0.2) is 0 Å². The highest BCUT2D eigenvalue weighted by atomic mass is 35.5. The predicted octanol–water partition coefficient (Wildman–Crippen LogP) is 1.15. The first-order valence-corrected chi connectivity index (χ1v) is 3.62. The molecule has 0 saturated carbocycles. The lowest BCUT2D eigenvalue weighted by Gasteiger charge is -2.06. The zero-order valence-corrected chi connectivity index (χ0v) is 7.03. The van der Waals surface area contributed by atoms with Gasteiger partial charge in [0.1, 0.15) is 5.82 Å². The Kier molecular flexibility index (Phi) is 3.64. The minimum absolute atomic E-state index is 0.197. The fraction of sp³-hybridized carbons (Fsp3) is 0. The Morgan fingerprint density at radius 1 is 1.31 bits per heavy atom. The molecule has 0 aromatic heterocycles. The Morgan fingerprint density at radius 2 is 1.92 bits per heavy atom. The summed E-state index contributed by atoms with van der Waals surface area (Å²) < 4.78 is 13.0. The van der Waals surface area contributed by atoms with Crippen molar-refractivity contribution in [2.75, 3.05) is 0 Å². The van der Waals surface area contributed by atoms with Crippen molar-refractivity contribution in [2.45, 2.75) is 0 Å². The topological polar surface area (TPSA) is 58.9 Å². The fourth-order valence-corrected chi connectivity index (χ4v) is 1.01. The van der Waals surface area contributed by atoms with E-state index in [1.807, 2.05) is 0 Å². The predicted molar refractivity (Wildman–Crippen MR) is 44.2 cm³/mol. The van der Waals surface area contributed by atoms with Gasteiger partial charge in [-0.1, -0.05) is 11.6 Å². The SMILES string of the molecule is OOB(OO)c1cc(Cl)ccc1F. The first kappa shape index (κ1) is 10.4. The van der Waals surface area contributed by atoms with E-state index in [1.54, 1.807) is 0 Å². The molecule has 0 saturated heterocycles. The van der Waals surface area contributed by atoms with Crippen molar-refractivity contribution in [1.82, 2.24) is 0 Å². The molecule has 0 unspecified atom stereocenters. The van der Waals surface area contributed by atoms with Crippen molar-refractivity contribution >= 4 is 24.2 Å². The molecule has 0 amide bonds. The summed E-state index contributed by atoms with van der Waals surface area (Å²) >= 11 is 5.53. The van der Waals surface area contributed by atoms with Crippen LogP contribution in [0.25, 0.3) is 0 Å². The quantitative estimate of drug-likeness (QED) is 0.442. The first-order chi connectivity index (χ1) is 6.19. The molecule has 1 aromatic carbocycles. The van der Waals surface area contributed by atoms with Crippen molar-refractivity contribution in [3.05, 3.63) is 29.0 Å². The second-order valence-electron chi connectivity index (χ2n) is 2.21. The van der Waals surface area contributed by atoms with Gasteiger partial charge in [-0.2, -0.15) is 0 Å². The van der Waals surface area contributed by atoms with Crippen LogP contribution in [0, 0.1) is 5.82 Å². The molecule has 0 aliphatic rings. The first-order valence-electron chi connectivity index (χ1n) is 3.24. The van der Waals surface area contributed by atoms with Gasteiger partial charge in [-0.25, -0.2) is 4.39 Å². The molecule has 1 aromatic rings. The summed E-state index contributed by atoms with van der Waals surface area (Å²) in [6.45, 7) is 0. The molecule has 70 valence electrons. The fourth-order valence-electron chi connectivity index (χ4n) is 0.828. The average molecular weight is 206 g/mol. The van der Waals surface area contributed by atoms with Crippen molar-refractivity contribution < 1.29 is 24.5 Å². The largest absolute Gasteiger partial charge is 0.557 e. The van der Waals surface area contributed by atoms with Crippen LogP contribution in [-0.4, -0.2) is 17.6 Å². The zero-order valence-electron chi connectivity index (χ0n) is 6.28. The number of hydrogen-bond donors (Lipinski definition) is 2. The van der Waals surface area contributed by atoms with Crippen molar-refractivity contribution in [3.63, 3.8) is 0 Å². The monoisotopic (exact) mass is 206 g/mol. The van der Waals surface area contributed by atoms with Crippen molar-refractivity contribution in [2.24, 2.45) is 0 Å². The van der Waals surface area contributed by atoms with E-state index < -0.39 is 12.9 Å². The highest BCUT2D eigenvalue weighted by Gasteiger charge is 2.26.